The Labute approximate surface area is 141 Å². The first-order valence-corrected chi connectivity index (χ1v) is 8.84. The van der Waals surface area contributed by atoms with Gasteiger partial charge in [0.25, 0.3) is 5.91 Å². The molecule has 0 aliphatic heterocycles. The standard InChI is InChI=1S/C15H14BrFN2O3S/c1-8-5-11(23(18,21)22)7-14(9(8)2)19-15(20)12-6-10(16)3-4-13(12)17/h3-7H,1-2H3,(H,19,20)(H2,18,21,22). The second-order valence-electron chi connectivity index (χ2n) is 5.04. The summed E-state index contributed by atoms with van der Waals surface area (Å²) in [7, 11) is -3.91. The Balaban J connectivity index is 2.45. The predicted octanol–water partition coefficient (Wildman–Crippen LogP) is 3.10. The molecule has 0 aromatic heterocycles. The molecule has 0 atom stereocenters. The third-order valence-electron chi connectivity index (χ3n) is 3.39. The van der Waals surface area contributed by atoms with Crippen molar-refractivity contribution < 1.29 is 17.6 Å². The summed E-state index contributed by atoms with van der Waals surface area (Å²) in [5.74, 6) is -1.36. The van der Waals surface area contributed by atoms with Crippen LogP contribution in [0.4, 0.5) is 10.1 Å². The summed E-state index contributed by atoms with van der Waals surface area (Å²) >= 11 is 3.17. The topological polar surface area (TPSA) is 89.3 Å². The van der Waals surface area contributed by atoms with Crippen molar-refractivity contribution in [2.75, 3.05) is 5.32 Å². The second kappa shape index (κ2) is 6.38. The van der Waals surface area contributed by atoms with Gasteiger partial charge in [-0.05, 0) is 55.3 Å². The first-order valence-electron chi connectivity index (χ1n) is 6.50. The monoisotopic (exact) mass is 400 g/mol. The van der Waals surface area contributed by atoms with Gasteiger partial charge in [0, 0.05) is 10.2 Å². The van der Waals surface area contributed by atoms with E-state index in [4.69, 9.17) is 5.14 Å². The van der Waals surface area contributed by atoms with Gasteiger partial charge in [0.05, 0.1) is 10.5 Å². The number of sulfonamides is 1. The summed E-state index contributed by atoms with van der Waals surface area (Å²) in [5, 5.41) is 7.65. The molecular weight excluding hydrogens is 387 g/mol. The van der Waals surface area contributed by atoms with E-state index in [-0.39, 0.29) is 16.1 Å². The molecule has 2 aromatic carbocycles. The fourth-order valence-corrected chi connectivity index (χ4v) is 2.97. The molecule has 0 saturated carbocycles. The van der Waals surface area contributed by atoms with Gasteiger partial charge in [-0.25, -0.2) is 17.9 Å². The highest BCUT2D eigenvalue weighted by atomic mass is 79.9. The molecule has 1 amide bonds. The highest BCUT2D eigenvalue weighted by Gasteiger charge is 2.17. The highest BCUT2D eigenvalue weighted by Crippen LogP contribution is 2.25. The molecule has 0 unspecified atom stereocenters. The van der Waals surface area contributed by atoms with Gasteiger partial charge in [0.15, 0.2) is 0 Å². The maximum absolute atomic E-state index is 13.8. The van der Waals surface area contributed by atoms with Gasteiger partial charge in [0.2, 0.25) is 10.0 Å². The quantitative estimate of drug-likeness (QED) is 0.829. The molecule has 0 spiro atoms. The van der Waals surface area contributed by atoms with Crippen LogP contribution in [0.15, 0.2) is 39.7 Å². The number of benzene rings is 2. The minimum Gasteiger partial charge on any atom is -0.322 e. The zero-order chi connectivity index (χ0) is 17.4. The average molecular weight is 401 g/mol. The Hall–Kier alpha value is -1.77. The Morgan fingerprint density at radius 3 is 2.48 bits per heavy atom. The third-order valence-corrected chi connectivity index (χ3v) is 4.78. The number of hydrogen-bond donors (Lipinski definition) is 2. The maximum atomic E-state index is 13.8. The molecule has 2 aromatic rings. The van der Waals surface area contributed by atoms with E-state index in [0.29, 0.717) is 15.6 Å². The number of anilines is 1. The van der Waals surface area contributed by atoms with E-state index >= 15 is 0 Å². The summed E-state index contributed by atoms with van der Waals surface area (Å²) in [6, 6.07) is 6.66. The molecule has 0 aliphatic rings. The molecule has 23 heavy (non-hydrogen) atoms. The van der Waals surface area contributed by atoms with Gasteiger partial charge < -0.3 is 5.32 Å². The number of carbonyl (C=O) groups is 1. The number of aryl methyl sites for hydroxylation is 1. The van der Waals surface area contributed by atoms with Gasteiger partial charge in [0.1, 0.15) is 5.82 Å². The number of amides is 1. The molecule has 0 heterocycles. The van der Waals surface area contributed by atoms with E-state index in [1.165, 1.54) is 24.3 Å². The molecule has 122 valence electrons. The van der Waals surface area contributed by atoms with E-state index in [2.05, 4.69) is 21.2 Å². The Bertz CT molecular complexity index is 898. The number of halogens is 2. The molecule has 5 nitrogen and oxygen atoms in total. The van der Waals surface area contributed by atoms with Crippen LogP contribution < -0.4 is 10.5 Å². The molecule has 0 saturated heterocycles. The minimum atomic E-state index is -3.91. The van der Waals surface area contributed by atoms with Crippen molar-refractivity contribution in [1.82, 2.24) is 0 Å². The number of carbonyl (C=O) groups excluding carboxylic acids is 1. The first-order chi connectivity index (χ1) is 10.6. The number of nitrogens with two attached hydrogens (primary N) is 1. The molecule has 3 N–H and O–H groups in total. The van der Waals surface area contributed by atoms with E-state index in [0.717, 1.165) is 6.07 Å². The van der Waals surface area contributed by atoms with E-state index in [9.17, 15) is 17.6 Å². The summed E-state index contributed by atoms with van der Waals surface area (Å²) in [5.41, 5.74) is 1.42. The van der Waals surface area contributed by atoms with Crippen molar-refractivity contribution in [2.24, 2.45) is 5.14 Å². The Kier molecular flexibility index (Phi) is 4.88. The Morgan fingerprint density at radius 2 is 1.87 bits per heavy atom. The first kappa shape index (κ1) is 17.6. The van der Waals surface area contributed by atoms with Crippen LogP contribution in [0.3, 0.4) is 0 Å². The van der Waals surface area contributed by atoms with E-state index < -0.39 is 21.7 Å². The van der Waals surface area contributed by atoms with Crippen LogP contribution >= 0.6 is 15.9 Å². The number of hydrogen-bond acceptors (Lipinski definition) is 3. The van der Waals surface area contributed by atoms with Crippen LogP contribution in [-0.4, -0.2) is 14.3 Å². The molecule has 0 radical (unpaired) electrons. The van der Waals surface area contributed by atoms with Gasteiger partial charge >= 0.3 is 0 Å². The van der Waals surface area contributed by atoms with Crippen LogP contribution in [0.25, 0.3) is 0 Å². The van der Waals surface area contributed by atoms with Gasteiger partial charge in [-0.1, -0.05) is 15.9 Å². The lowest BCUT2D eigenvalue weighted by Crippen LogP contribution is -2.17. The number of primary sulfonamides is 1. The number of rotatable bonds is 3. The highest BCUT2D eigenvalue weighted by molar-refractivity contribution is 9.10. The minimum absolute atomic E-state index is 0.120. The van der Waals surface area contributed by atoms with E-state index in [1.54, 1.807) is 13.8 Å². The van der Waals surface area contributed by atoms with Crippen molar-refractivity contribution in [1.29, 1.82) is 0 Å². The van der Waals surface area contributed by atoms with Gasteiger partial charge in [-0.3, -0.25) is 4.79 Å². The fourth-order valence-electron chi connectivity index (χ4n) is 1.98. The van der Waals surface area contributed by atoms with Crippen LogP contribution in [0, 0.1) is 19.7 Å². The zero-order valence-electron chi connectivity index (χ0n) is 12.4. The second-order valence-corrected chi connectivity index (χ2v) is 7.51. The largest absolute Gasteiger partial charge is 0.322 e. The van der Waals surface area contributed by atoms with Gasteiger partial charge in [-0.15, -0.1) is 0 Å². The zero-order valence-corrected chi connectivity index (χ0v) is 14.8. The lowest BCUT2D eigenvalue weighted by Gasteiger charge is -2.13. The van der Waals surface area contributed by atoms with Crippen LogP contribution in [-0.2, 0) is 10.0 Å². The average Bonchev–Trinajstić information content (AvgIpc) is 2.45. The lowest BCUT2D eigenvalue weighted by atomic mass is 10.1. The predicted molar refractivity (Wildman–Crippen MR) is 89.3 cm³/mol. The molecular formula is C15H14BrFN2O3S. The Morgan fingerprint density at radius 1 is 1.22 bits per heavy atom. The van der Waals surface area contributed by atoms with Crippen molar-refractivity contribution >= 4 is 37.5 Å². The summed E-state index contributed by atoms with van der Waals surface area (Å²) in [4.78, 5) is 12.1. The molecule has 0 fully saturated rings. The molecule has 0 bridgehead atoms. The molecule has 8 heteroatoms. The van der Waals surface area contributed by atoms with Crippen molar-refractivity contribution in [3.63, 3.8) is 0 Å². The SMILES string of the molecule is Cc1cc(S(N)(=O)=O)cc(NC(=O)c2cc(Br)ccc2F)c1C. The van der Waals surface area contributed by atoms with E-state index in [1.807, 2.05) is 0 Å². The maximum Gasteiger partial charge on any atom is 0.258 e. The normalized spacial score (nSPS) is 11.3. The van der Waals surface area contributed by atoms with Crippen LogP contribution in [0.5, 0.6) is 0 Å². The van der Waals surface area contributed by atoms with Crippen LogP contribution in [0.2, 0.25) is 0 Å². The molecule has 0 aliphatic carbocycles. The molecule has 2 rings (SSSR count). The lowest BCUT2D eigenvalue weighted by molar-refractivity contribution is 0.102. The van der Waals surface area contributed by atoms with Crippen molar-refractivity contribution in [2.45, 2.75) is 18.7 Å². The van der Waals surface area contributed by atoms with Crippen molar-refractivity contribution in [3.8, 4) is 0 Å². The van der Waals surface area contributed by atoms with Gasteiger partial charge in [-0.2, -0.15) is 0 Å². The third kappa shape index (κ3) is 3.95. The fraction of sp³-hybridized carbons (Fsp3) is 0.133. The number of nitrogens with one attached hydrogen (secondary N) is 1. The van der Waals surface area contributed by atoms with Crippen molar-refractivity contribution in [3.05, 3.63) is 57.3 Å². The summed E-state index contributed by atoms with van der Waals surface area (Å²) in [6.45, 7) is 3.41. The summed E-state index contributed by atoms with van der Waals surface area (Å²) < 4.78 is 37.3. The smallest absolute Gasteiger partial charge is 0.258 e. The summed E-state index contributed by atoms with van der Waals surface area (Å²) in [6.07, 6.45) is 0. The van der Waals surface area contributed by atoms with Crippen LogP contribution in [0.1, 0.15) is 21.5 Å².